The maximum Gasteiger partial charge on any atom is 0.0547 e. The quantitative estimate of drug-likeness (QED) is 0.284. The van der Waals surface area contributed by atoms with Gasteiger partial charge in [0.25, 0.3) is 0 Å². The van der Waals surface area contributed by atoms with Crippen LogP contribution in [0.3, 0.4) is 0 Å². The van der Waals surface area contributed by atoms with Crippen LogP contribution in [0.4, 0.5) is 0 Å². The van der Waals surface area contributed by atoms with Gasteiger partial charge in [-0.05, 0) is 64.2 Å². The van der Waals surface area contributed by atoms with Crippen molar-refractivity contribution in [3.8, 4) is 16.8 Å². The Labute approximate surface area is 199 Å². The first-order chi connectivity index (χ1) is 16.7. The number of rotatable bonds is 2. The van der Waals surface area contributed by atoms with Gasteiger partial charge in [0.15, 0.2) is 0 Å². The first-order valence-electron chi connectivity index (χ1n) is 12.0. The fourth-order valence-corrected chi connectivity index (χ4v) is 5.75. The fourth-order valence-electron chi connectivity index (χ4n) is 5.75. The first-order valence-corrected chi connectivity index (χ1v) is 12.0. The maximum absolute atomic E-state index is 2.45. The van der Waals surface area contributed by atoms with Gasteiger partial charge in [0.1, 0.15) is 0 Å². The molecule has 0 fully saturated rings. The number of hydrogen-bond donors (Lipinski definition) is 0. The summed E-state index contributed by atoms with van der Waals surface area (Å²) in [5.41, 5.74) is 6.46. The molecule has 162 valence electrons. The molecule has 0 radical (unpaired) electrons. The van der Waals surface area contributed by atoms with E-state index in [0.29, 0.717) is 0 Å². The predicted molar refractivity (Wildman–Crippen MR) is 144 cm³/mol. The molecular weight excluding hydrogens is 410 g/mol. The van der Waals surface area contributed by atoms with Crippen molar-refractivity contribution in [2.24, 2.45) is 5.41 Å². The minimum absolute atomic E-state index is 0.0401. The normalized spacial score (nSPS) is 18.7. The zero-order valence-corrected chi connectivity index (χ0v) is 19.2. The lowest BCUT2D eigenvalue weighted by molar-refractivity contribution is 0.589. The van der Waals surface area contributed by atoms with Crippen molar-refractivity contribution >= 4 is 33.3 Å². The molecule has 4 aromatic carbocycles. The Kier molecular flexibility index (Phi) is 4.10. The summed E-state index contributed by atoms with van der Waals surface area (Å²) in [6.07, 6.45) is 12.5. The molecule has 0 saturated heterocycles. The summed E-state index contributed by atoms with van der Waals surface area (Å²) in [7, 11) is 0. The average molecular weight is 436 g/mol. The molecule has 2 aliphatic rings. The lowest BCUT2D eigenvalue weighted by atomic mass is 9.73. The van der Waals surface area contributed by atoms with Crippen molar-refractivity contribution in [1.82, 2.24) is 4.57 Å². The van der Waals surface area contributed by atoms with Crippen LogP contribution in [0.5, 0.6) is 0 Å². The van der Waals surface area contributed by atoms with Crippen molar-refractivity contribution in [1.29, 1.82) is 0 Å². The molecule has 1 unspecified atom stereocenters. The molecule has 5 aromatic rings. The standard InChI is InChI=1S/C33H25N/c1-33-18-9-8-14-29(33)32-28-21-26-20-24(23-10-4-2-5-11-23)15-16-25(26)22-31(28)34(30(32)17-19-33)27-12-6-3-7-13-27/h2-18,20-22H,19H2,1H3. The number of fused-ring (bicyclic) bond motifs is 5. The molecule has 0 N–H and O–H groups in total. The monoisotopic (exact) mass is 435 g/mol. The van der Waals surface area contributed by atoms with Gasteiger partial charge >= 0.3 is 0 Å². The number of para-hydroxylation sites is 1. The number of hydrogen-bond acceptors (Lipinski definition) is 0. The number of aromatic nitrogens is 1. The van der Waals surface area contributed by atoms with Crippen LogP contribution in [0, 0.1) is 5.41 Å². The van der Waals surface area contributed by atoms with E-state index in [-0.39, 0.29) is 5.41 Å². The third kappa shape index (κ3) is 2.80. The lowest BCUT2D eigenvalue weighted by Crippen LogP contribution is -2.38. The van der Waals surface area contributed by atoms with Crippen molar-refractivity contribution in [2.75, 3.05) is 0 Å². The molecule has 34 heavy (non-hydrogen) atoms. The fraction of sp³-hybridized carbons (Fsp3) is 0.0909. The Morgan fingerprint density at radius 1 is 0.735 bits per heavy atom. The van der Waals surface area contributed by atoms with Crippen LogP contribution >= 0.6 is 0 Å². The van der Waals surface area contributed by atoms with E-state index in [4.69, 9.17) is 0 Å². The van der Waals surface area contributed by atoms with Crippen molar-refractivity contribution in [2.45, 2.75) is 13.3 Å². The molecule has 0 amide bonds. The highest BCUT2D eigenvalue weighted by molar-refractivity contribution is 6.01. The van der Waals surface area contributed by atoms with Gasteiger partial charge in [-0.15, -0.1) is 0 Å². The smallest absolute Gasteiger partial charge is 0.0547 e. The Morgan fingerprint density at radius 2 is 1.53 bits per heavy atom. The SMILES string of the molecule is CC12C=CC=CC1=c1c(n(-c3ccccc3)c3cc4ccc(-c5ccccc5)cc4cc13)=CC2. The van der Waals surface area contributed by atoms with E-state index in [0.717, 1.165) is 6.42 Å². The Balaban J connectivity index is 1.62. The van der Waals surface area contributed by atoms with E-state index in [1.807, 2.05) is 0 Å². The Hall–Kier alpha value is -4.10. The highest BCUT2D eigenvalue weighted by atomic mass is 15.0. The summed E-state index contributed by atoms with van der Waals surface area (Å²) in [5, 5.41) is 6.57. The van der Waals surface area contributed by atoms with Crippen molar-refractivity contribution in [3.05, 3.63) is 126 Å². The molecule has 0 spiro atoms. The van der Waals surface area contributed by atoms with Crippen LogP contribution in [-0.2, 0) is 0 Å². The van der Waals surface area contributed by atoms with Gasteiger partial charge in [-0.3, -0.25) is 0 Å². The van der Waals surface area contributed by atoms with Crippen molar-refractivity contribution < 1.29 is 0 Å². The summed E-state index contributed by atoms with van der Waals surface area (Å²) < 4.78 is 2.45. The Morgan fingerprint density at radius 3 is 2.35 bits per heavy atom. The molecule has 7 rings (SSSR count). The van der Waals surface area contributed by atoms with Gasteiger partial charge in [-0.2, -0.15) is 0 Å². The van der Waals surface area contributed by atoms with Crippen LogP contribution in [0.2, 0.25) is 0 Å². The third-order valence-corrected chi connectivity index (χ3v) is 7.53. The minimum atomic E-state index is 0.0401. The van der Waals surface area contributed by atoms with Gasteiger partial charge < -0.3 is 4.57 Å². The predicted octanol–water partition coefficient (Wildman–Crippen LogP) is 6.92. The molecular formula is C33H25N. The minimum Gasteiger partial charge on any atom is -0.310 e. The number of allylic oxidation sites excluding steroid dienone is 4. The van der Waals surface area contributed by atoms with Crippen LogP contribution in [0.15, 0.2) is 115 Å². The van der Waals surface area contributed by atoms with Gasteiger partial charge in [-0.25, -0.2) is 0 Å². The average Bonchev–Trinajstić information content (AvgIpc) is 3.21. The summed E-state index contributed by atoms with van der Waals surface area (Å²) in [5.74, 6) is 0. The summed E-state index contributed by atoms with van der Waals surface area (Å²) >= 11 is 0. The maximum atomic E-state index is 2.45. The van der Waals surface area contributed by atoms with E-state index < -0.39 is 0 Å². The summed E-state index contributed by atoms with van der Waals surface area (Å²) in [6, 6.07) is 33.1. The highest BCUT2D eigenvalue weighted by Gasteiger charge is 2.30. The van der Waals surface area contributed by atoms with E-state index in [2.05, 4.69) is 133 Å². The molecule has 0 saturated carbocycles. The van der Waals surface area contributed by atoms with Crippen LogP contribution in [0.1, 0.15) is 13.3 Å². The Bertz CT molecular complexity index is 1770. The number of nitrogens with zero attached hydrogens (tertiary/aromatic N) is 1. The van der Waals surface area contributed by atoms with Crippen molar-refractivity contribution in [3.63, 3.8) is 0 Å². The summed E-state index contributed by atoms with van der Waals surface area (Å²) in [4.78, 5) is 0. The van der Waals surface area contributed by atoms with Gasteiger partial charge in [0, 0.05) is 21.7 Å². The lowest BCUT2D eigenvalue weighted by Gasteiger charge is -2.30. The zero-order chi connectivity index (χ0) is 22.7. The van der Waals surface area contributed by atoms with Gasteiger partial charge in [0.2, 0.25) is 0 Å². The van der Waals surface area contributed by atoms with Gasteiger partial charge in [-0.1, -0.05) is 98.0 Å². The first kappa shape index (κ1) is 19.4. The number of benzene rings is 4. The second-order valence-electron chi connectivity index (χ2n) is 9.69. The van der Waals surface area contributed by atoms with E-state index >= 15 is 0 Å². The topological polar surface area (TPSA) is 4.93 Å². The molecule has 1 heterocycles. The van der Waals surface area contributed by atoms with Crippen LogP contribution < -0.4 is 10.6 Å². The second kappa shape index (κ2) is 7.20. The largest absolute Gasteiger partial charge is 0.310 e. The third-order valence-electron chi connectivity index (χ3n) is 7.53. The molecule has 2 aliphatic carbocycles. The molecule has 0 bridgehead atoms. The molecule has 0 aliphatic heterocycles. The van der Waals surface area contributed by atoms with E-state index in [9.17, 15) is 0 Å². The molecule has 1 aromatic heterocycles. The highest BCUT2D eigenvalue weighted by Crippen LogP contribution is 2.39. The van der Waals surface area contributed by atoms with Crippen LogP contribution in [-0.4, -0.2) is 4.57 Å². The molecule has 1 atom stereocenters. The van der Waals surface area contributed by atoms with E-state index in [1.165, 1.54) is 54.6 Å². The van der Waals surface area contributed by atoms with Crippen LogP contribution in [0.25, 0.3) is 50.1 Å². The van der Waals surface area contributed by atoms with Gasteiger partial charge in [0.05, 0.1) is 10.9 Å². The second-order valence-corrected chi connectivity index (χ2v) is 9.69. The molecule has 1 nitrogen and oxygen atoms in total. The summed E-state index contributed by atoms with van der Waals surface area (Å²) in [6.45, 7) is 2.36. The van der Waals surface area contributed by atoms with E-state index in [1.54, 1.807) is 0 Å². The zero-order valence-electron chi connectivity index (χ0n) is 19.2. The molecule has 1 heteroatoms.